The third-order valence-electron chi connectivity index (χ3n) is 1.65. The maximum Gasteiger partial charge on any atom is 0.246 e. The SMILES string of the molecule is NCC1(C(F)F)CSC1. The Morgan fingerprint density at radius 1 is 1.56 bits per heavy atom. The molecule has 1 saturated heterocycles. The van der Waals surface area contributed by atoms with Gasteiger partial charge < -0.3 is 5.73 Å². The van der Waals surface area contributed by atoms with E-state index in [9.17, 15) is 8.78 Å². The van der Waals surface area contributed by atoms with Crippen molar-refractivity contribution in [3.8, 4) is 0 Å². The van der Waals surface area contributed by atoms with Crippen LogP contribution in [0.15, 0.2) is 0 Å². The van der Waals surface area contributed by atoms with E-state index in [0.29, 0.717) is 11.5 Å². The molecule has 0 saturated carbocycles. The van der Waals surface area contributed by atoms with E-state index in [1.807, 2.05) is 0 Å². The quantitative estimate of drug-likeness (QED) is 0.639. The van der Waals surface area contributed by atoms with Crippen LogP contribution < -0.4 is 5.73 Å². The zero-order valence-electron chi connectivity index (χ0n) is 4.94. The molecular weight excluding hydrogens is 144 g/mol. The monoisotopic (exact) mass is 153 g/mol. The highest BCUT2D eigenvalue weighted by molar-refractivity contribution is 8.00. The average molecular weight is 153 g/mol. The Bertz CT molecular complexity index is 97.6. The van der Waals surface area contributed by atoms with E-state index in [2.05, 4.69) is 0 Å². The summed E-state index contributed by atoms with van der Waals surface area (Å²) < 4.78 is 24.1. The molecular formula is C5H9F2NS. The fourth-order valence-corrected chi connectivity index (χ4v) is 1.91. The standard InChI is InChI=1S/C5H9F2NS/c6-4(7)5(1-8)2-9-3-5/h4H,1-3,8H2. The average Bonchev–Trinajstić information content (AvgIpc) is 1.62. The van der Waals surface area contributed by atoms with Crippen LogP contribution >= 0.6 is 11.8 Å². The molecule has 2 N–H and O–H groups in total. The van der Waals surface area contributed by atoms with Crippen LogP contribution in [-0.2, 0) is 0 Å². The third kappa shape index (κ3) is 1.05. The maximum absolute atomic E-state index is 12.0. The van der Waals surface area contributed by atoms with Gasteiger partial charge in [-0.2, -0.15) is 11.8 Å². The second-order valence-corrected chi connectivity index (χ2v) is 3.35. The van der Waals surface area contributed by atoms with Crippen molar-refractivity contribution in [1.82, 2.24) is 0 Å². The molecule has 0 aliphatic carbocycles. The molecule has 0 aromatic rings. The molecule has 54 valence electrons. The Labute approximate surface area is 57.0 Å². The Kier molecular flexibility index (Phi) is 1.96. The molecule has 0 bridgehead atoms. The van der Waals surface area contributed by atoms with Crippen LogP contribution in [0.25, 0.3) is 0 Å². The molecule has 4 heteroatoms. The summed E-state index contributed by atoms with van der Waals surface area (Å²) in [6.45, 7) is 0.123. The Morgan fingerprint density at radius 2 is 2.11 bits per heavy atom. The van der Waals surface area contributed by atoms with Crippen LogP contribution in [0.2, 0.25) is 0 Å². The van der Waals surface area contributed by atoms with Gasteiger partial charge in [0.1, 0.15) is 0 Å². The van der Waals surface area contributed by atoms with Crippen LogP contribution in [0, 0.1) is 5.41 Å². The maximum atomic E-state index is 12.0. The van der Waals surface area contributed by atoms with Crippen molar-refractivity contribution in [2.75, 3.05) is 18.1 Å². The number of alkyl halides is 2. The summed E-state index contributed by atoms with van der Waals surface area (Å²) in [6.07, 6.45) is -2.23. The number of hydrogen-bond donors (Lipinski definition) is 1. The van der Waals surface area contributed by atoms with Crippen molar-refractivity contribution in [3.05, 3.63) is 0 Å². The second kappa shape index (κ2) is 2.42. The van der Waals surface area contributed by atoms with E-state index in [4.69, 9.17) is 5.73 Å². The first-order valence-electron chi connectivity index (χ1n) is 2.77. The largest absolute Gasteiger partial charge is 0.330 e. The Hall–Kier alpha value is 0.170. The summed E-state index contributed by atoms with van der Waals surface area (Å²) >= 11 is 1.54. The van der Waals surface area contributed by atoms with E-state index in [1.165, 1.54) is 11.8 Å². The van der Waals surface area contributed by atoms with E-state index < -0.39 is 11.8 Å². The molecule has 0 atom stereocenters. The summed E-state index contributed by atoms with van der Waals surface area (Å²) in [6, 6.07) is 0. The van der Waals surface area contributed by atoms with Crippen LogP contribution in [0.4, 0.5) is 8.78 Å². The van der Waals surface area contributed by atoms with E-state index in [1.54, 1.807) is 0 Å². The lowest BCUT2D eigenvalue weighted by Gasteiger charge is -2.38. The van der Waals surface area contributed by atoms with Crippen LogP contribution in [-0.4, -0.2) is 24.5 Å². The molecule has 0 aromatic carbocycles. The van der Waals surface area contributed by atoms with Gasteiger partial charge in [0.15, 0.2) is 0 Å². The van der Waals surface area contributed by atoms with Crippen molar-refractivity contribution in [2.45, 2.75) is 6.43 Å². The van der Waals surface area contributed by atoms with Gasteiger partial charge in [-0.3, -0.25) is 0 Å². The third-order valence-corrected chi connectivity index (χ3v) is 3.21. The van der Waals surface area contributed by atoms with Gasteiger partial charge in [0.25, 0.3) is 0 Å². The summed E-state index contributed by atoms with van der Waals surface area (Å²) in [7, 11) is 0. The topological polar surface area (TPSA) is 26.0 Å². The van der Waals surface area contributed by atoms with Gasteiger partial charge in [0.2, 0.25) is 6.43 Å². The first kappa shape index (κ1) is 7.28. The van der Waals surface area contributed by atoms with E-state index in [0.717, 1.165) is 0 Å². The van der Waals surface area contributed by atoms with Crippen molar-refractivity contribution in [1.29, 1.82) is 0 Å². The Morgan fingerprint density at radius 3 is 2.11 bits per heavy atom. The number of rotatable bonds is 2. The zero-order valence-corrected chi connectivity index (χ0v) is 5.76. The second-order valence-electron chi connectivity index (χ2n) is 2.36. The van der Waals surface area contributed by atoms with Gasteiger partial charge >= 0.3 is 0 Å². The van der Waals surface area contributed by atoms with Crippen molar-refractivity contribution < 1.29 is 8.78 Å². The molecule has 1 fully saturated rings. The van der Waals surface area contributed by atoms with Gasteiger partial charge in [-0.05, 0) is 0 Å². The lowest BCUT2D eigenvalue weighted by Crippen LogP contribution is -2.48. The van der Waals surface area contributed by atoms with Crippen molar-refractivity contribution >= 4 is 11.8 Å². The lowest BCUT2D eigenvalue weighted by molar-refractivity contribution is 0.0250. The molecule has 0 aromatic heterocycles. The van der Waals surface area contributed by atoms with Crippen molar-refractivity contribution in [3.63, 3.8) is 0 Å². The molecule has 0 spiro atoms. The number of thioether (sulfide) groups is 1. The minimum Gasteiger partial charge on any atom is -0.330 e. The summed E-state index contributed by atoms with van der Waals surface area (Å²) in [5, 5.41) is 0. The lowest BCUT2D eigenvalue weighted by atomic mass is 9.93. The van der Waals surface area contributed by atoms with Gasteiger partial charge in [-0.1, -0.05) is 0 Å². The molecule has 1 aliphatic rings. The molecule has 1 nitrogen and oxygen atoms in total. The van der Waals surface area contributed by atoms with Gasteiger partial charge in [0.05, 0.1) is 5.41 Å². The molecule has 1 rings (SSSR count). The summed E-state index contributed by atoms with van der Waals surface area (Å²) in [5.74, 6) is 1.06. The molecule has 9 heavy (non-hydrogen) atoms. The number of halogens is 2. The molecule has 1 heterocycles. The van der Waals surface area contributed by atoms with E-state index >= 15 is 0 Å². The van der Waals surface area contributed by atoms with Gasteiger partial charge in [-0.25, -0.2) is 8.78 Å². The highest BCUT2D eigenvalue weighted by Crippen LogP contribution is 2.41. The molecule has 0 unspecified atom stereocenters. The molecule has 0 amide bonds. The minimum absolute atomic E-state index is 0.123. The van der Waals surface area contributed by atoms with Crippen LogP contribution in [0.3, 0.4) is 0 Å². The smallest absolute Gasteiger partial charge is 0.246 e. The van der Waals surface area contributed by atoms with Gasteiger partial charge in [0, 0.05) is 18.1 Å². The number of hydrogen-bond acceptors (Lipinski definition) is 2. The molecule has 1 aliphatic heterocycles. The number of nitrogens with two attached hydrogens (primary N) is 1. The summed E-state index contributed by atoms with van der Waals surface area (Å²) in [5.41, 5.74) is 4.35. The highest BCUT2D eigenvalue weighted by Gasteiger charge is 2.44. The highest BCUT2D eigenvalue weighted by atomic mass is 32.2. The minimum atomic E-state index is -2.23. The Balaban J connectivity index is 2.46. The zero-order chi connectivity index (χ0) is 6.91. The molecule has 0 radical (unpaired) electrons. The summed E-state index contributed by atoms with van der Waals surface area (Å²) in [4.78, 5) is 0. The van der Waals surface area contributed by atoms with E-state index in [-0.39, 0.29) is 6.54 Å². The van der Waals surface area contributed by atoms with Crippen LogP contribution in [0.5, 0.6) is 0 Å². The van der Waals surface area contributed by atoms with Gasteiger partial charge in [-0.15, -0.1) is 0 Å². The predicted molar refractivity (Wildman–Crippen MR) is 34.8 cm³/mol. The first-order chi connectivity index (χ1) is 4.21. The predicted octanol–water partition coefficient (Wildman–Crippen LogP) is 0.943. The fourth-order valence-electron chi connectivity index (χ4n) is 0.697. The van der Waals surface area contributed by atoms with Crippen LogP contribution in [0.1, 0.15) is 0 Å². The first-order valence-corrected chi connectivity index (χ1v) is 3.93. The normalized spacial score (nSPS) is 24.0. The van der Waals surface area contributed by atoms with Crippen molar-refractivity contribution in [2.24, 2.45) is 11.1 Å². The fraction of sp³-hybridized carbons (Fsp3) is 1.00.